The van der Waals surface area contributed by atoms with Crippen molar-refractivity contribution in [1.29, 1.82) is 0 Å². The van der Waals surface area contributed by atoms with Crippen LogP contribution in [0.1, 0.15) is 26.2 Å². The molecule has 1 saturated heterocycles. The number of carbonyl (C=O) groups excluding carboxylic acids is 1. The average Bonchev–Trinajstić information content (AvgIpc) is 3.17. The van der Waals surface area contributed by atoms with Crippen LogP contribution < -0.4 is 25.0 Å². The molecule has 2 N–H and O–H groups in total. The van der Waals surface area contributed by atoms with Crippen LogP contribution in [0.15, 0.2) is 42.5 Å². The maximum Gasteiger partial charge on any atom is 0.246 e. The molecule has 0 radical (unpaired) electrons. The summed E-state index contributed by atoms with van der Waals surface area (Å²) < 4.78 is 10.6. The van der Waals surface area contributed by atoms with Gasteiger partial charge in [0.15, 0.2) is 11.5 Å². The molecule has 0 saturated carbocycles. The first-order valence-corrected chi connectivity index (χ1v) is 9.51. The lowest BCUT2D eigenvalue weighted by Crippen LogP contribution is -2.32. The van der Waals surface area contributed by atoms with E-state index in [0.29, 0.717) is 17.2 Å². The highest BCUT2D eigenvalue weighted by atomic mass is 16.7. The molecule has 142 valence electrons. The summed E-state index contributed by atoms with van der Waals surface area (Å²) >= 11 is 0. The van der Waals surface area contributed by atoms with Crippen LogP contribution in [0.25, 0.3) is 0 Å². The van der Waals surface area contributed by atoms with Crippen LogP contribution in [0, 0.1) is 0 Å². The largest absolute Gasteiger partial charge is 0.454 e. The van der Waals surface area contributed by atoms with Crippen molar-refractivity contribution in [3.8, 4) is 11.5 Å². The van der Waals surface area contributed by atoms with Gasteiger partial charge in [-0.15, -0.1) is 0 Å². The maximum absolute atomic E-state index is 12.5. The van der Waals surface area contributed by atoms with Crippen LogP contribution in [0.5, 0.6) is 11.5 Å². The zero-order valence-corrected chi connectivity index (χ0v) is 15.5. The van der Waals surface area contributed by atoms with Crippen LogP contribution >= 0.6 is 0 Å². The number of benzene rings is 2. The van der Waals surface area contributed by atoms with Gasteiger partial charge < -0.3 is 25.0 Å². The van der Waals surface area contributed by atoms with Crippen molar-refractivity contribution in [1.82, 2.24) is 0 Å². The normalized spacial score (nSPS) is 16.7. The van der Waals surface area contributed by atoms with Gasteiger partial charge in [-0.05, 0) is 62.6 Å². The quantitative estimate of drug-likeness (QED) is 0.841. The van der Waals surface area contributed by atoms with Crippen molar-refractivity contribution < 1.29 is 14.3 Å². The number of rotatable bonds is 5. The van der Waals surface area contributed by atoms with Gasteiger partial charge in [-0.25, -0.2) is 0 Å². The Morgan fingerprint density at radius 1 is 0.963 bits per heavy atom. The third kappa shape index (κ3) is 4.10. The second-order valence-corrected chi connectivity index (χ2v) is 7.02. The molecule has 2 aliphatic heterocycles. The Bertz CT molecular complexity index is 801. The lowest BCUT2D eigenvalue weighted by Gasteiger charge is -2.29. The third-order valence-corrected chi connectivity index (χ3v) is 5.01. The zero-order valence-electron chi connectivity index (χ0n) is 15.5. The first-order chi connectivity index (χ1) is 13.2. The van der Waals surface area contributed by atoms with Crippen molar-refractivity contribution in [3.63, 3.8) is 0 Å². The molecule has 6 heteroatoms. The van der Waals surface area contributed by atoms with E-state index >= 15 is 0 Å². The van der Waals surface area contributed by atoms with E-state index in [1.807, 2.05) is 25.1 Å². The molecule has 0 aromatic heterocycles. The highest BCUT2D eigenvalue weighted by molar-refractivity contribution is 5.96. The van der Waals surface area contributed by atoms with E-state index in [1.54, 1.807) is 12.1 Å². The number of nitrogens with zero attached hydrogens (tertiary/aromatic N) is 1. The molecule has 0 aliphatic carbocycles. The number of piperidine rings is 1. The fraction of sp³-hybridized carbons (Fsp3) is 0.381. The molecule has 2 aromatic rings. The minimum Gasteiger partial charge on any atom is -0.454 e. The van der Waals surface area contributed by atoms with Crippen molar-refractivity contribution in [2.45, 2.75) is 32.2 Å². The topological polar surface area (TPSA) is 62.8 Å². The molecule has 1 unspecified atom stereocenters. The molecular weight excluding hydrogens is 342 g/mol. The summed E-state index contributed by atoms with van der Waals surface area (Å²) in [4.78, 5) is 14.9. The fourth-order valence-corrected chi connectivity index (χ4v) is 3.46. The van der Waals surface area contributed by atoms with Gasteiger partial charge in [-0.1, -0.05) is 0 Å². The summed E-state index contributed by atoms with van der Waals surface area (Å²) in [6.07, 6.45) is 3.85. The van der Waals surface area contributed by atoms with E-state index in [-0.39, 0.29) is 18.7 Å². The summed E-state index contributed by atoms with van der Waals surface area (Å²) in [6, 6.07) is 13.3. The van der Waals surface area contributed by atoms with Crippen molar-refractivity contribution >= 4 is 23.0 Å². The average molecular weight is 367 g/mol. The molecule has 1 atom stereocenters. The molecule has 4 rings (SSSR count). The van der Waals surface area contributed by atoms with Crippen LogP contribution in [0.2, 0.25) is 0 Å². The molecular formula is C21H25N3O3. The van der Waals surface area contributed by atoms with Gasteiger partial charge in [0.1, 0.15) is 6.04 Å². The standard InChI is InChI=1S/C21H25N3O3/c1-15(21(25)23-17-7-10-19-20(13-17)27-14-26-19)22-16-5-8-18(9-6-16)24-11-3-2-4-12-24/h5-10,13,15,22H,2-4,11-12,14H2,1H3,(H,23,25). The minimum atomic E-state index is -0.365. The fourth-order valence-electron chi connectivity index (χ4n) is 3.46. The van der Waals surface area contributed by atoms with Crippen LogP contribution in [0.3, 0.4) is 0 Å². The summed E-state index contributed by atoms with van der Waals surface area (Å²) in [7, 11) is 0. The maximum atomic E-state index is 12.5. The Morgan fingerprint density at radius 3 is 2.44 bits per heavy atom. The number of nitrogens with one attached hydrogen (secondary N) is 2. The van der Waals surface area contributed by atoms with Crippen molar-refractivity contribution in [2.24, 2.45) is 0 Å². The van der Waals surface area contributed by atoms with Gasteiger partial charge >= 0.3 is 0 Å². The predicted octanol–water partition coefficient (Wildman–Crippen LogP) is 3.84. The second-order valence-electron chi connectivity index (χ2n) is 7.02. The van der Waals surface area contributed by atoms with Gasteiger partial charge in [-0.2, -0.15) is 0 Å². The molecule has 1 fully saturated rings. The van der Waals surface area contributed by atoms with Gasteiger partial charge in [0.05, 0.1) is 0 Å². The molecule has 2 heterocycles. The summed E-state index contributed by atoms with van der Waals surface area (Å²) in [5.74, 6) is 1.25. The molecule has 1 amide bonds. The summed E-state index contributed by atoms with van der Waals surface area (Å²) in [5.41, 5.74) is 2.88. The van der Waals surface area contributed by atoms with E-state index in [9.17, 15) is 4.79 Å². The highest BCUT2D eigenvalue weighted by Gasteiger charge is 2.17. The second kappa shape index (κ2) is 7.78. The van der Waals surface area contributed by atoms with Crippen LogP contribution in [0.4, 0.5) is 17.1 Å². The number of fused-ring (bicyclic) bond motifs is 1. The zero-order chi connectivity index (χ0) is 18.6. The van der Waals surface area contributed by atoms with Crippen LogP contribution in [-0.2, 0) is 4.79 Å². The lowest BCUT2D eigenvalue weighted by atomic mass is 10.1. The Kier molecular flexibility index (Phi) is 5.05. The van der Waals surface area contributed by atoms with E-state index in [1.165, 1.54) is 24.9 Å². The van der Waals surface area contributed by atoms with E-state index in [2.05, 4.69) is 27.7 Å². The molecule has 2 aliphatic rings. The smallest absolute Gasteiger partial charge is 0.246 e. The third-order valence-electron chi connectivity index (χ3n) is 5.01. The van der Waals surface area contributed by atoms with Gasteiger partial charge in [0, 0.05) is 36.2 Å². The SMILES string of the molecule is CC(Nc1ccc(N2CCCCC2)cc1)C(=O)Nc1ccc2c(c1)OCO2. The first-order valence-electron chi connectivity index (χ1n) is 9.51. The first kappa shape index (κ1) is 17.5. The van der Waals surface area contributed by atoms with Crippen molar-refractivity contribution in [3.05, 3.63) is 42.5 Å². The molecule has 0 spiro atoms. The Labute approximate surface area is 159 Å². The summed E-state index contributed by atoms with van der Waals surface area (Å²) in [5, 5.41) is 6.17. The Hall–Kier alpha value is -2.89. The Morgan fingerprint density at radius 2 is 1.67 bits per heavy atom. The molecule has 0 bridgehead atoms. The monoisotopic (exact) mass is 367 g/mol. The lowest BCUT2D eigenvalue weighted by molar-refractivity contribution is -0.116. The van der Waals surface area contributed by atoms with Crippen molar-refractivity contribution in [2.75, 3.05) is 35.4 Å². The number of ether oxygens (including phenoxy) is 2. The number of amides is 1. The number of carbonyl (C=O) groups is 1. The van der Waals surface area contributed by atoms with E-state index in [4.69, 9.17) is 9.47 Å². The number of hydrogen-bond acceptors (Lipinski definition) is 5. The van der Waals surface area contributed by atoms with Crippen LogP contribution in [-0.4, -0.2) is 31.8 Å². The van der Waals surface area contributed by atoms with Gasteiger partial charge in [0.2, 0.25) is 12.7 Å². The van der Waals surface area contributed by atoms with E-state index < -0.39 is 0 Å². The van der Waals surface area contributed by atoms with Gasteiger partial charge in [0.25, 0.3) is 0 Å². The van der Waals surface area contributed by atoms with E-state index in [0.717, 1.165) is 18.8 Å². The molecule has 2 aromatic carbocycles. The molecule has 6 nitrogen and oxygen atoms in total. The molecule has 27 heavy (non-hydrogen) atoms. The Balaban J connectivity index is 1.34. The predicted molar refractivity (Wildman–Crippen MR) is 107 cm³/mol. The number of hydrogen-bond donors (Lipinski definition) is 2. The van der Waals surface area contributed by atoms with Gasteiger partial charge in [-0.3, -0.25) is 4.79 Å². The minimum absolute atomic E-state index is 0.103. The number of anilines is 3. The summed E-state index contributed by atoms with van der Waals surface area (Å²) in [6.45, 7) is 4.32. The highest BCUT2D eigenvalue weighted by Crippen LogP contribution is 2.34.